The maximum Gasteiger partial charge on any atom is 0.406 e. The van der Waals surface area contributed by atoms with Gasteiger partial charge in [-0.25, -0.2) is 0 Å². The molecule has 0 radical (unpaired) electrons. The zero-order chi connectivity index (χ0) is 20.7. The maximum atomic E-state index is 12.9. The van der Waals surface area contributed by atoms with Crippen LogP contribution in [0.2, 0.25) is 0 Å². The van der Waals surface area contributed by atoms with E-state index in [-0.39, 0.29) is 6.04 Å². The van der Waals surface area contributed by atoms with Crippen LogP contribution < -0.4 is 5.32 Å². The van der Waals surface area contributed by atoms with Crippen LogP contribution in [0.1, 0.15) is 36.8 Å². The number of hydrogen-bond acceptors (Lipinski definition) is 3. The summed E-state index contributed by atoms with van der Waals surface area (Å²) in [6.45, 7) is 0.720. The maximum absolute atomic E-state index is 12.9. The van der Waals surface area contributed by atoms with Crippen LogP contribution in [0.15, 0.2) is 60.7 Å². The van der Waals surface area contributed by atoms with E-state index in [0.717, 1.165) is 25.9 Å². The number of hydrogen-bond donors (Lipinski definition) is 2. The van der Waals surface area contributed by atoms with Crippen molar-refractivity contribution in [2.24, 2.45) is 0 Å². The van der Waals surface area contributed by atoms with Crippen LogP contribution >= 0.6 is 0 Å². The topological polar surface area (TPSA) is 35.5 Å². The van der Waals surface area contributed by atoms with Crippen molar-refractivity contribution in [3.8, 4) is 0 Å². The Morgan fingerprint density at radius 1 is 0.862 bits per heavy atom. The molecule has 0 amide bonds. The van der Waals surface area contributed by atoms with Gasteiger partial charge >= 0.3 is 6.18 Å². The summed E-state index contributed by atoms with van der Waals surface area (Å²) >= 11 is 0. The summed E-state index contributed by atoms with van der Waals surface area (Å²) < 4.78 is 38.8. The van der Waals surface area contributed by atoms with Gasteiger partial charge in [-0.05, 0) is 36.8 Å². The molecule has 29 heavy (non-hydrogen) atoms. The molecule has 6 heteroatoms. The Kier molecular flexibility index (Phi) is 7.70. The van der Waals surface area contributed by atoms with Gasteiger partial charge in [-0.1, -0.05) is 60.7 Å². The van der Waals surface area contributed by atoms with Crippen LogP contribution in [0, 0.1) is 0 Å². The largest absolute Gasteiger partial charge is 0.406 e. The molecule has 0 spiro atoms. The van der Waals surface area contributed by atoms with Gasteiger partial charge in [0.25, 0.3) is 0 Å². The third-order valence-corrected chi connectivity index (χ3v) is 5.68. The van der Waals surface area contributed by atoms with Crippen LogP contribution in [-0.2, 0) is 13.1 Å². The molecule has 2 aromatic carbocycles. The van der Waals surface area contributed by atoms with Crippen molar-refractivity contribution in [1.29, 1.82) is 0 Å². The van der Waals surface area contributed by atoms with Gasteiger partial charge in [0.2, 0.25) is 0 Å². The van der Waals surface area contributed by atoms with Crippen LogP contribution in [0.4, 0.5) is 13.2 Å². The summed E-state index contributed by atoms with van der Waals surface area (Å²) in [5.41, 5.74) is 2.47. The quantitative estimate of drug-likeness (QED) is 0.677. The molecular weight excluding hydrogens is 377 g/mol. The molecule has 0 heterocycles. The normalized spacial score (nSPS) is 21.3. The van der Waals surface area contributed by atoms with Crippen molar-refractivity contribution < 1.29 is 18.3 Å². The molecule has 2 N–H and O–H groups in total. The molecule has 158 valence electrons. The minimum absolute atomic E-state index is 0.208. The lowest BCUT2D eigenvalue weighted by atomic mass is 9.89. The molecular formula is C23H29F3N2O. The zero-order valence-corrected chi connectivity index (χ0v) is 16.5. The van der Waals surface area contributed by atoms with Gasteiger partial charge in [-0.3, -0.25) is 4.90 Å². The number of benzene rings is 2. The van der Waals surface area contributed by atoms with E-state index < -0.39 is 18.8 Å². The van der Waals surface area contributed by atoms with Crippen molar-refractivity contribution in [3.63, 3.8) is 0 Å². The molecule has 3 nitrogen and oxygen atoms in total. The molecule has 1 aliphatic carbocycles. The second-order valence-corrected chi connectivity index (χ2v) is 7.83. The van der Waals surface area contributed by atoms with Crippen LogP contribution in [0.3, 0.4) is 0 Å². The Labute approximate surface area is 170 Å². The van der Waals surface area contributed by atoms with Crippen molar-refractivity contribution >= 4 is 0 Å². The lowest BCUT2D eigenvalue weighted by Crippen LogP contribution is -2.51. The summed E-state index contributed by atoms with van der Waals surface area (Å²) in [7, 11) is 0. The first-order valence-electron chi connectivity index (χ1n) is 10.2. The summed E-state index contributed by atoms with van der Waals surface area (Å²) in [5, 5.41) is 11.7. The average Bonchev–Trinajstić information content (AvgIpc) is 2.73. The van der Waals surface area contributed by atoms with Crippen LogP contribution in [0.5, 0.6) is 0 Å². The number of alkyl halides is 3. The third-order valence-electron chi connectivity index (χ3n) is 5.68. The molecule has 0 saturated heterocycles. The summed E-state index contributed by atoms with van der Waals surface area (Å²) in [6, 6.07) is 18.8. The average molecular weight is 406 g/mol. The SMILES string of the molecule is OCC(NC1CCC(N(Cc2ccccc2)Cc2ccccc2)CC1)C(F)(F)F. The first-order chi connectivity index (χ1) is 14.0. The van der Waals surface area contributed by atoms with Gasteiger partial charge in [0.15, 0.2) is 0 Å². The summed E-state index contributed by atoms with van der Waals surface area (Å²) in [5.74, 6) is 0. The number of rotatable bonds is 8. The van der Waals surface area contributed by atoms with Gasteiger partial charge in [0.1, 0.15) is 6.04 Å². The standard InChI is InChI=1S/C23H29F3N2O/c24-23(25,26)22(17-29)27-20-11-13-21(14-12-20)28(15-18-7-3-1-4-8-18)16-19-9-5-2-6-10-19/h1-10,20-22,27,29H,11-17H2. The molecule has 1 saturated carbocycles. The fourth-order valence-electron chi connectivity index (χ4n) is 4.09. The minimum atomic E-state index is -4.42. The fourth-order valence-corrected chi connectivity index (χ4v) is 4.09. The van der Waals surface area contributed by atoms with Crippen LogP contribution in [0.25, 0.3) is 0 Å². The highest BCUT2D eigenvalue weighted by Gasteiger charge is 2.40. The molecule has 3 rings (SSSR count). The van der Waals surface area contributed by atoms with Gasteiger partial charge in [-0.2, -0.15) is 13.2 Å². The molecule has 1 unspecified atom stereocenters. The Morgan fingerprint density at radius 2 is 1.34 bits per heavy atom. The van der Waals surface area contributed by atoms with Crippen molar-refractivity contribution in [2.75, 3.05) is 6.61 Å². The molecule has 0 bridgehead atoms. The van der Waals surface area contributed by atoms with Crippen molar-refractivity contribution in [1.82, 2.24) is 10.2 Å². The van der Waals surface area contributed by atoms with Crippen molar-refractivity contribution in [2.45, 2.75) is 63.1 Å². The highest BCUT2D eigenvalue weighted by Crippen LogP contribution is 2.28. The Bertz CT molecular complexity index is 674. The van der Waals surface area contributed by atoms with Crippen molar-refractivity contribution in [3.05, 3.63) is 71.8 Å². The van der Waals surface area contributed by atoms with Crippen LogP contribution in [-0.4, -0.2) is 40.9 Å². The smallest absolute Gasteiger partial charge is 0.394 e. The minimum Gasteiger partial charge on any atom is -0.394 e. The number of nitrogens with zero attached hydrogens (tertiary/aromatic N) is 1. The molecule has 0 aliphatic heterocycles. The molecule has 1 aliphatic rings. The Balaban J connectivity index is 1.63. The zero-order valence-electron chi connectivity index (χ0n) is 16.5. The van der Waals surface area contributed by atoms with Gasteiger partial charge in [0.05, 0.1) is 6.61 Å². The fraction of sp³-hybridized carbons (Fsp3) is 0.478. The van der Waals surface area contributed by atoms with Gasteiger partial charge < -0.3 is 10.4 Å². The highest BCUT2D eigenvalue weighted by atomic mass is 19.4. The monoisotopic (exact) mass is 406 g/mol. The number of halogens is 3. The number of aliphatic hydroxyl groups excluding tert-OH is 1. The lowest BCUT2D eigenvalue weighted by molar-refractivity contribution is -0.166. The molecule has 1 atom stereocenters. The molecule has 2 aromatic rings. The predicted molar refractivity (Wildman–Crippen MR) is 108 cm³/mol. The van der Waals surface area contributed by atoms with Gasteiger partial charge in [-0.15, -0.1) is 0 Å². The number of nitrogens with one attached hydrogen (secondary N) is 1. The van der Waals surface area contributed by atoms with E-state index in [4.69, 9.17) is 5.11 Å². The van der Waals surface area contributed by atoms with E-state index in [1.54, 1.807) is 0 Å². The second kappa shape index (κ2) is 10.2. The van der Waals surface area contributed by atoms with E-state index in [0.29, 0.717) is 18.9 Å². The predicted octanol–water partition coefficient (Wildman–Crippen LogP) is 4.51. The van der Waals surface area contributed by atoms with E-state index in [1.165, 1.54) is 11.1 Å². The van der Waals surface area contributed by atoms with E-state index in [1.807, 2.05) is 36.4 Å². The highest BCUT2D eigenvalue weighted by molar-refractivity contribution is 5.17. The second-order valence-electron chi connectivity index (χ2n) is 7.83. The third kappa shape index (κ3) is 6.56. The first-order valence-corrected chi connectivity index (χ1v) is 10.2. The first kappa shape index (κ1) is 21.8. The molecule has 1 fully saturated rings. The Morgan fingerprint density at radius 3 is 1.76 bits per heavy atom. The summed E-state index contributed by atoms with van der Waals surface area (Å²) in [4.78, 5) is 2.44. The number of aliphatic hydroxyl groups is 1. The lowest BCUT2D eigenvalue weighted by Gasteiger charge is -2.38. The summed E-state index contributed by atoms with van der Waals surface area (Å²) in [6.07, 6.45) is -1.38. The Hall–Kier alpha value is -1.89. The van der Waals surface area contributed by atoms with E-state index in [9.17, 15) is 13.2 Å². The van der Waals surface area contributed by atoms with E-state index >= 15 is 0 Å². The van der Waals surface area contributed by atoms with Gasteiger partial charge in [0, 0.05) is 25.2 Å². The van der Waals surface area contributed by atoms with E-state index in [2.05, 4.69) is 34.5 Å². The molecule has 0 aromatic heterocycles.